The molecule has 38 heavy (non-hydrogen) atoms. The first-order valence-corrected chi connectivity index (χ1v) is 12.0. The van der Waals surface area contributed by atoms with Crippen molar-refractivity contribution in [1.82, 2.24) is 4.90 Å². The van der Waals surface area contributed by atoms with Gasteiger partial charge in [-0.3, -0.25) is 9.59 Å². The Morgan fingerprint density at radius 2 is 1.71 bits per heavy atom. The van der Waals surface area contributed by atoms with E-state index >= 15 is 0 Å². The number of ether oxygens (including phenoxy) is 2. The molecule has 1 N–H and O–H groups in total. The van der Waals surface area contributed by atoms with E-state index in [1.165, 1.54) is 4.90 Å². The highest BCUT2D eigenvalue weighted by atomic mass is 19.1. The van der Waals surface area contributed by atoms with Crippen molar-refractivity contribution in [2.45, 2.75) is 58.8 Å². The summed E-state index contributed by atoms with van der Waals surface area (Å²) < 4.78 is 44.3. The molecule has 10 heteroatoms. The fraction of sp³-hybridized carbons (Fsp3) is 0.393. The molecule has 0 unspecified atom stereocenters. The van der Waals surface area contributed by atoms with Crippen LogP contribution in [0.15, 0.2) is 51.7 Å². The van der Waals surface area contributed by atoms with Gasteiger partial charge in [-0.15, -0.1) is 0 Å². The first kappa shape index (κ1) is 28.8. The van der Waals surface area contributed by atoms with Gasteiger partial charge in [-0.1, -0.05) is 30.3 Å². The highest BCUT2D eigenvalue weighted by molar-refractivity contribution is 5.97. The number of halogens is 2. The topological polar surface area (TPSA) is 106 Å². The summed E-state index contributed by atoms with van der Waals surface area (Å²) in [5, 5.41) is 9.26. The Labute approximate surface area is 218 Å². The fourth-order valence-corrected chi connectivity index (χ4v) is 3.64. The Bertz CT molecular complexity index is 1380. The first-order chi connectivity index (χ1) is 17.7. The summed E-state index contributed by atoms with van der Waals surface area (Å²) >= 11 is 0. The Morgan fingerprint density at radius 3 is 2.34 bits per heavy atom. The van der Waals surface area contributed by atoms with Crippen molar-refractivity contribution in [3.8, 4) is 5.75 Å². The fourth-order valence-electron chi connectivity index (χ4n) is 3.64. The molecule has 204 valence electrons. The van der Waals surface area contributed by atoms with Crippen LogP contribution in [0.5, 0.6) is 5.75 Å². The van der Waals surface area contributed by atoms with E-state index in [1.54, 1.807) is 26.0 Å². The highest BCUT2D eigenvalue weighted by Gasteiger charge is 2.35. The molecule has 0 aliphatic rings. The summed E-state index contributed by atoms with van der Waals surface area (Å²) in [5.41, 5.74) is -3.12. The number of carbonyl (C=O) groups is 2. The van der Waals surface area contributed by atoms with Gasteiger partial charge in [0.2, 0.25) is 5.82 Å². The molecule has 0 aliphatic carbocycles. The molecule has 0 radical (unpaired) electrons. The minimum Gasteiger partial charge on any atom is -0.503 e. The van der Waals surface area contributed by atoms with Crippen molar-refractivity contribution in [2.24, 2.45) is 0 Å². The van der Waals surface area contributed by atoms with E-state index in [9.17, 15) is 28.3 Å². The van der Waals surface area contributed by atoms with Crippen molar-refractivity contribution in [1.29, 1.82) is 0 Å². The molecule has 8 nitrogen and oxygen atoms in total. The minimum absolute atomic E-state index is 0.0529. The van der Waals surface area contributed by atoms with Gasteiger partial charge >= 0.3 is 11.6 Å². The third-order valence-corrected chi connectivity index (χ3v) is 5.74. The van der Waals surface area contributed by atoms with E-state index < -0.39 is 57.2 Å². The zero-order chi connectivity index (χ0) is 28.3. The lowest BCUT2D eigenvalue weighted by atomic mass is 10.0. The summed E-state index contributed by atoms with van der Waals surface area (Å²) in [6, 6.07) is 10.8. The predicted molar refractivity (Wildman–Crippen MR) is 136 cm³/mol. The van der Waals surface area contributed by atoms with E-state index in [0.29, 0.717) is 0 Å². The van der Waals surface area contributed by atoms with E-state index in [2.05, 4.69) is 0 Å². The molecular weight excluding hydrogens is 500 g/mol. The van der Waals surface area contributed by atoms with Crippen molar-refractivity contribution in [3.05, 3.63) is 75.6 Å². The number of rotatable bonds is 9. The standard InChI is InChI=1S/C28H31F2NO7/c1-27(2,3)37-16-28(4,5)31(12-11-21(32)36-15-17-9-7-6-8-10-17)25(34)19-13-18-14-20(29)23(33)22(30)24(18)38-26(19)35/h6-10,13-14,33H,11-12,15-16H2,1-5H3. The minimum atomic E-state index is -1.45. The molecule has 0 fully saturated rings. The maximum atomic E-state index is 14.3. The summed E-state index contributed by atoms with van der Waals surface area (Å²) in [4.78, 5) is 40.1. The van der Waals surface area contributed by atoms with Gasteiger partial charge < -0.3 is 23.9 Å². The Hall–Kier alpha value is -3.79. The number of nitrogens with zero attached hydrogens (tertiary/aromatic N) is 1. The van der Waals surface area contributed by atoms with Crippen molar-refractivity contribution < 1.29 is 37.4 Å². The van der Waals surface area contributed by atoms with E-state index in [0.717, 1.165) is 17.7 Å². The number of hydrogen-bond acceptors (Lipinski definition) is 7. The molecule has 0 atom stereocenters. The van der Waals surface area contributed by atoms with Crippen LogP contribution in [-0.2, 0) is 20.9 Å². The molecule has 3 aromatic rings. The van der Waals surface area contributed by atoms with Crippen molar-refractivity contribution in [3.63, 3.8) is 0 Å². The molecule has 1 amide bonds. The van der Waals surface area contributed by atoms with Crippen LogP contribution < -0.4 is 5.63 Å². The number of aromatic hydroxyl groups is 1. The van der Waals surface area contributed by atoms with Crippen molar-refractivity contribution in [2.75, 3.05) is 13.2 Å². The number of phenolic OH excluding ortho intramolecular Hbond substituents is 1. The first-order valence-electron chi connectivity index (χ1n) is 12.0. The number of amides is 1. The van der Waals surface area contributed by atoms with E-state index in [-0.39, 0.29) is 31.6 Å². The Balaban J connectivity index is 1.90. The number of benzene rings is 2. The second-order valence-corrected chi connectivity index (χ2v) is 10.5. The summed E-state index contributed by atoms with van der Waals surface area (Å²) in [6.45, 7) is 8.90. The molecule has 0 bridgehead atoms. The van der Waals surface area contributed by atoms with Gasteiger partial charge in [-0.2, -0.15) is 4.39 Å². The highest BCUT2D eigenvalue weighted by Crippen LogP contribution is 2.29. The SMILES string of the molecule is CC(C)(C)OCC(C)(C)N(CCC(=O)OCc1ccccc1)C(=O)c1cc2cc(F)c(O)c(F)c2oc1=O. The van der Waals surface area contributed by atoms with Crippen LogP contribution in [0.3, 0.4) is 0 Å². The molecule has 1 aromatic heterocycles. The smallest absolute Gasteiger partial charge is 0.349 e. The van der Waals surface area contributed by atoms with Crippen LogP contribution in [0.2, 0.25) is 0 Å². The van der Waals surface area contributed by atoms with Gasteiger partial charge in [-0.05, 0) is 52.3 Å². The van der Waals surface area contributed by atoms with Crippen molar-refractivity contribution >= 4 is 22.8 Å². The van der Waals surface area contributed by atoms with Gasteiger partial charge in [0.05, 0.1) is 24.2 Å². The van der Waals surface area contributed by atoms with Gasteiger partial charge in [0.1, 0.15) is 12.2 Å². The molecule has 0 saturated carbocycles. The van der Waals surface area contributed by atoms with E-state index in [1.807, 2.05) is 39.0 Å². The van der Waals surface area contributed by atoms with Crippen LogP contribution in [0.1, 0.15) is 57.0 Å². The molecule has 2 aromatic carbocycles. The monoisotopic (exact) mass is 531 g/mol. The van der Waals surface area contributed by atoms with Crippen LogP contribution in [0, 0.1) is 11.6 Å². The average molecular weight is 532 g/mol. The molecule has 0 saturated heterocycles. The number of carbonyl (C=O) groups excluding carboxylic acids is 2. The van der Waals surface area contributed by atoms with Gasteiger partial charge in [-0.25, -0.2) is 9.18 Å². The number of esters is 1. The van der Waals surface area contributed by atoms with Gasteiger partial charge in [0.25, 0.3) is 5.91 Å². The molecule has 0 spiro atoms. The number of hydrogen-bond donors (Lipinski definition) is 1. The van der Waals surface area contributed by atoms with E-state index in [4.69, 9.17) is 13.9 Å². The molecule has 3 rings (SSSR count). The maximum Gasteiger partial charge on any atom is 0.349 e. The van der Waals surface area contributed by atoms with Crippen LogP contribution >= 0.6 is 0 Å². The third-order valence-electron chi connectivity index (χ3n) is 5.74. The van der Waals surface area contributed by atoms with Gasteiger partial charge in [0.15, 0.2) is 17.1 Å². The number of phenols is 1. The zero-order valence-electron chi connectivity index (χ0n) is 22.0. The van der Waals surface area contributed by atoms with Crippen LogP contribution in [0.4, 0.5) is 8.78 Å². The second-order valence-electron chi connectivity index (χ2n) is 10.5. The summed E-state index contributed by atoms with van der Waals surface area (Å²) in [7, 11) is 0. The van der Waals surface area contributed by atoms with Crippen LogP contribution in [0.25, 0.3) is 11.0 Å². The van der Waals surface area contributed by atoms with Crippen LogP contribution in [-0.4, -0.2) is 46.2 Å². The zero-order valence-corrected chi connectivity index (χ0v) is 22.0. The van der Waals surface area contributed by atoms with Gasteiger partial charge in [0, 0.05) is 11.9 Å². The Kier molecular flexibility index (Phi) is 8.56. The molecular formula is C28H31F2NO7. The maximum absolute atomic E-state index is 14.3. The Morgan fingerprint density at radius 1 is 1.05 bits per heavy atom. The lowest BCUT2D eigenvalue weighted by Gasteiger charge is -2.40. The molecule has 1 heterocycles. The quantitative estimate of drug-likeness (QED) is 0.308. The normalized spacial score (nSPS) is 12.0. The largest absolute Gasteiger partial charge is 0.503 e. The molecule has 0 aliphatic heterocycles. The number of fused-ring (bicyclic) bond motifs is 1. The lowest BCUT2D eigenvalue weighted by Crippen LogP contribution is -2.53. The summed E-state index contributed by atoms with van der Waals surface area (Å²) in [5.74, 6) is -5.42. The average Bonchev–Trinajstić information content (AvgIpc) is 2.85. The lowest BCUT2D eigenvalue weighted by molar-refractivity contribution is -0.145. The third kappa shape index (κ3) is 6.95. The summed E-state index contributed by atoms with van der Waals surface area (Å²) in [6.07, 6.45) is -0.187. The second kappa shape index (κ2) is 11.3. The predicted octanol–water partition coefficient (Wildman–Crippen LogP) is 4.95.